The number of hydrogen-bond donors (Lipinski definition) is 2. The van der Waals surface area contributed by atoms with E-state index in [0.29, 0.717) is 28.5 Å². The third-order valence-electron chi connectivity index (χ3n) is 3.83. The van der Waals surface area contributed by atoms with Crippen LogP contribution in [0.1, 0.15) is 35.3 Å². The summed E-state index contributed by atoms with van der Waals surface area (Å²) in [4.78, 5) is 22.5. The minimum atomic E-state index is -0.0275. The van der Waals surface area contributed by atoms with Gasteiger partial charge in [0.05, 0.1) is 11.6 Å². The number of rotatable bonds is 2. The van der Waals surface area contributed by atoms with Crippen LogP contribution < -0.4 is 5.43 Å². The molecule has 5 heteroatoms. The number of Topliss-reactive ketones (excluding diaryl/α,β-unsaturated/α-hetero) is 1. The van der Waals surface area contributed by atoms with Crippen molar-refractivity contribution in [2.45, 2.75) is 27.2 Å². The number of phenols is 2. The summed E-state index contributed by atoms with van der Waals surface area (Å²) >= 11 is 0. The number of phenolic OH excluding ortho intramolecular Hbond substituents is 2. The van der Waals surface area contributed by atoms with Gasteiger partial charge in [-0.2, -0.15) is 0 Å². The lowest BCUT2D eigenvalue weighted by Crippen LogP contribution is -2.06. The van der Waals surface area contributed by atoms with Gasteiger partial charge >= 0.3 is 0 Å². The Morgan fingerprint density at radius 1 is 1.12 bits per heavy atom. The van der Waals surface area contributed by atoms with Crippen LogP contribution in [-0.4, -0.2) is 16.0 Å². The molecule has 0 aliphatic rings. The monoisotopic (exact) mass is 340 g/mol. The number of hydrogen-bond acceptors (Lipinski definition) is 5. The van der Waals surface area contributed by atoms with Crippen LogP contribution in [0.3, 0.4) is 0 Å². The topological polar surface area (TPSA) is 87.7 Å². The second-order valence-corrected chi connectivity index (χ2v) is 5.68. The molecule has 2 N–H and O–H groups in total. The number of fused-ring (bicyclic) bond motifs is 1. The van der Waals surface area contributed by atoms with Crippen molar-refractivity contribution in [3.63, 3.8) is 0 Å². The lowest BCUT2D eigenvalue weighted by Gasteiger charge is -1.99. The van der Waals surface area contributed by atoms with Crippen molar-refractivity contribution in [3.05, 3.63) is 69.6 Å². The first-order chi connectivity index (χ1) is 11.8. The highest BCUT2D eigenvalue weighted by Gasteiger charge is 2.05. The van der Waals surface area contributed by atoms with Crippen LogP contribution in [-0.2, 0) is 6.42 Å². The molecule has 1 heterocycles. The van der Waals surface area contributed by atoms with Gasteiger partial charge < -0.3 is 14.6 Å². The summed E-state index contributed by atoms with van der Waals surface area (Å²) in [5, 5.41) is 18.9. The number of carbonyl (C=O) groups excluding carboxylic acids is 1. The highest BCUT2D eigenvalue weighted by Crippen LogP contribution is 2.18. The second-order valence-electron chi connectivity index (χ2n) is 5.68. The molecule has 5 nitrogen and oxygen atoms in total. The summed E-state index contributed by atoms with van der Waals surface area (Å²) in [6.07, 6.45) is 2.10. The summed E-state index contributed by atoms with van der Waals surface area (Å²) in [5.74, 6) is 0.253. The van der Waals surface area contributed by atoms with Crippen LogP contribution in [0.4, 0.5) is 0 Å². The van der Waals surface area contributed by atoms with Crippen molar-refractivity contribution in [1.82, 2.24) is 0 Å². The SMILES string of the molecule is CC(=O)c1ccc(C)c(O)c1.CCc1coc2cc(O)ccc2c1=O. The maximum absolute atomic E-state index is 11.7. The maximum Gasteiger partial charge on any atom is 0.195 e. The third kappa shape index (κ3) is 4.26. The van der Waals surface area contributed by atoms with E-state index in [1.807, 2.05) is 6.92 Å². The molecule has 2 aromatic carbocycles. The maximum atomic E-state index is 11.7. The Morgan fingerprint density at radius 2 is 1.84 bits per heavy atom. The van der Waals surface area contributed by atoms with Crippen molar-refractivity contribution < 1.29 is 19.4 Å². The van der Waals surface area contributed by atoms with E-state index < -0.39 is 0 Å². The van der Waals surface area contributed by atoms with Crippen molar-refractivity contribution in [2.75, 3.05) is 0 Å². The van der Waals surface area contributed by atoms with Crippen LogP contribution in [0.15, 0.2) is 51.9 Å². The van der Waals surface area contributed by atoms with Crippen LogP contribution >= 0.6 is 0 Å². The predicted molar refractivity (Wildman–Crippen MR) is 96.4 cm³/mol. The normalized spacial score (nSPS) is 10.2. The minimum Gasteiger partial charge on any atom is -0.508 e. The van der Waals surface area contributed by atoms with Crippen molar-refractivity contribution in [1.29, 1.82) is 0 Å². The van der Waals surface area contributed by atoms with E-state index in [1.54, 1.807) is 25.1 Å². The number of aromatic hydroxyl groups is 2. The Morgan fingerprint density at radius 3 is 2.44 bits per heavy atom. The molecule has 0 radical (unpaired) electrons. The molecule has 0 bridgehead atoms. The summed E-state index contributed by atoms with van der Waals surface area (Å²) < 4.78 is 5.24. The summed E-state index contributed by atoms with van der Waals surface area (Å²) in [7, 11) is 0. The molecule has 0 aliphatic heterocycles. The number of benzene rings is 2. The van der Waals surface area contributed by atoms with Gasteiger partial charge in [-0.3, -0.25) is 9.59 Å². The fourth-order valence-corrected chi connectivity index (χ4v) is 2.23. The van der Waals surface area contributed by atoms with Crippen LogP contribution in [0.5, 0.6) is 11.5 Å². The lowest BCUT2D eigenvalue weighted by molar-refractivity contribution is 0.101. The van der Waals surface area contributed by atoms with Gasteiger partial charge in [0.1, 0.15) is 17.1 Å². The van der Waals surface area contributed by atoms with Gasteiger partial charge in [0.15, 0.2) is 11.2 Å². The average Bonchev–Trinajstić information content (AvgIpc) is 2.58. The number of ketones is 1. The minimum absolute atomic E-state index is 0.0197. The van der Waals surface area contributed by atoms with Gasteiger partial charge in [-0.1, -0.05) is 19.1 Å². The molecule has 0 aliphatic carbocycles. The number of carbonyl (C=O) groups is 1. The van der Waals surface area contributed by atoms with Gasteiger partial charge in [0.2, 0.25) is 0 Å². The quantitative estimate of drug-likeness (QED) is 0.689. The molecule has 0 unspecified atom stereocenters. The molecule has 0 spiro atoms. The van der Waals surface area contributed by atoms with Gasteiger partial charge in [-0.25, -0.2) is 0 Å². The molecule has 130 valence electrons. The van der Waals surface area contributed by atoms with Gasteiger partial charge in [0.25, 0.3) is 0 Å². The van der Waals surface area contributed by atoms with Crippen molar-refractivity contribution in [3.8, 4) is 11.5 Å². The molecular formula is C20H20O5. The van der Waals surface area contributed by atoms with Crippen molar-refractivity contribution >= 4 is 16.8 Å². The van der Waals surface area contributed by atoms with Crippen LogP contribution in [0.25, 0.3) is 11.0 Å². The summed E-state index contributed by atoms with van der Waals surface area (Å²) in [5.41, 5.74) is 2.40. The van der Waals surface area contributed by atoms with E-state index in [4.69, 9.17) is 4.42 Å². The standard InChI is InChI=1S/C11H10O3.C9H10O2/c1-2-7-6-14-10-5-8(12)3-4-9(10)11(7)13;1-6-3-4-8(7(2)10)5-9(6)11/h3-6,12H,2H2,1H3;3-5,11H,1-2H3. The Kier molecular flexibility index (Phi) is 5.60. The lowest BCUT2D eigenvalue weighted by atomic mass is 10.1. The zero-order valence-corrected chi connectivity index (χ0v) is 14.4. The van der Waals surface area contributed by atoms with E-state index in [-0.39, 0.29) is 22.7 Å². The average molecular weight is 340 g/mol. The molecule has 3 aromatic rings. The van der Waals surface area contributed by atoms with E-state index >= 15 is 0 Å². The fourth-order valence-electron chi connectivity index (χ4n) is 2.23. The fraction of sp³-hybridized carbons (Fsp3) is 0.200. The molecule has 0 saturated heterocycles. The summed E-state index contributed by atoms with van der Waals surface area (Å²) in [6, 6.07) is 9.42. The molecular weight excluding hydrogens is 320 g/mol. The Hall–Kier alpha value is -3.08. The van der Waals surface area contributed by atoms with Crippen LogP contribution in [0, 0.1) is 6.92 Å². The van der Waals surface area contributed by atoms with E-state index in [1.165, 1.54) is 31.4 Å². The van der Waals surface area contributed by atoms with Gasteiger partial charge in [0, 0.05) is 17.2 Å². The van der Waals surface area contributed by atoms with Crippen LogP contribution in [0.2, 0.25) is 0 Å². The first-order valence-electron chi connectivity index (χ1n) is 7.87. The highest BCUT2D eigenvalue weighted by molar-refractivity contribution is 5.94. The van der Waals surface area contributed by atoms with E-state index in [0.717, 1.165) is 5.56 Å². The Labute approximate surface area is 145 Å². The Bertz CT molecular complexity index is 969. The van der Waals surface area contributed by atoms with Crippen molar-refractivity contribution in [2.24, 2.45) is 0 Å². The molecule has 25 heavy (non-hydrogen) atoms. The highest BCUT2D eigenvalue weighted by atomic mass is 16.3. The first kappa shape index (κ1) is 18.3. The smallest absolute Gasteiger partial charge is 0.195 e. The van der Waals surface area contributed by atoms with E-state index in [9.17, 15) is 19.8 Å². The predicted octanol–water partition coefficient (Wildman–Crippen LogP) is 3.96. The molecule has 0 amide bonds. The molecule has 0 atom stereocenters. The molecule has 0 saturated carbocycles. The third-order valence-corrected chi connectivity index (χ3v) is 3.83. The Balaban J connectivity index is 0.000000186. The second kappa shape index (κ2) is 7.66. The van der Waals surface area contributed by atoms with E-state index in [2.05, 4.69) is 0 Å². The van der Waals surface area contributed by atoms with Gasteiger partial charge in [-0.05, 0) is 44.0 Å². The molecule has 3 rings (SSSR count). The zero-order valence-electron chi connectivity index (χ0n) is 14.4. The first-order valence-corrected chi connectivity index (χ1v) is 7.87. The zero-order chi connectivity index (χ0) is 18.6. The van der Waals surface area contributed by atoms with Gasteiger partial charge in [-0.15, -0.1) is 0 Å². The molecule has 1 aromatic heterocycles. The molecule has 0 fully saturated rings. The largest absolute Gasteiger partial charge is 0.508 e. The number of aryl methyl sites for hydroxylation is 2. The summed E-state index contributed by atoms with van der Waals surface area (Å²) in [6.45, 7) is 5.17.